The van der Waals surface area contributed by atoms with E-state index in [2.05, 4.69) is 5.32 Å². The number of nitrogens with one attached hydrogen (secondary N) is 1. The van der Waals surface area contributed by atoms with E-state index in [1.54, 1.807) is 35.2 Å². The van der Waals surface area contributed by atoms with Gasteiger partial charge in [-0.2, -0.15) is 4.31 Å². The zero-order valence-corrected chi connectivity index (χ0v) is 20.4. The molecule has 8 nitrogen and oxygen atoms in total. The summed E-state index contributed by atoms with van der Waals surface area (Å²) >= 11 is 0. The Labute approximate surface area is 200 Å². The van der Waals surface area contributed by atoms with Gasteiger partial charge in [0.1, 0.15) is 5.75 Å². The summed E-state index contributed by atoms with van der Waals surface area (Å²) in [5, 5.41) is 2.92. The van der Waals surface area contributed by atoms with Crippen molar-refractivity contribution in [2.24, 2.45) is 5.92 Å². The second kappa shape index (κ2) is 10.1. The van der Waals surface area contributed by atoms with E-state index in [0.717, 1.165) is 29.8 Å². The molecule has 2 aliphatic heterocycles. The molecule has 9 heteroatoms. The van der Waals surface area contributed by atoms with Crippen LogP contribution in [0, 0.1) is 5.92 Å². The number of nitrogens with zero attached hydrogens (tertiary/aromatic N) is 2. The lowest BCUT2D eigenvalue weighted by molar-refractivity contribution is -0.121. The van der Waals surface area contributed by atoms with Crippen molar-refractivity contribution in [3.05, 3.63) is 48.0 Å². The van der Waals surface area contributed by atoms with Gasteiger partial charge in [0.2, 0.25) is 21.8 Å². The molecule has 0 aromatic heterocycles. The van der Waals surface area contributed by atoms with Crippen LogP contribution in [0.3, 0.4) is 0 Å². The van der Waals surface area contributed by atoms with E-state index in [1.165, 1.54) is 11.2 Å². The van der Waals surface area contributed by atoms with E-state index in [9.17, 15) is 18.0 Å². The molecule has 1 saturated heterocycles. The van der Waals surface area contributed by atoms with Crippen molar-refractivity contribution in [2.75, 3.05) is 36.5 Å². The fourth-order valence-electron chi connectivity index (χ4n) is 4.61. The predicted octanol–water partition coefficient (Wildman–Crippen LogP) is 3.42. The summed E-state index contributed by atoms with van der Waals surface area (Å²) in [4.78, 5) is 26.5. The van der Waals surface area contributed by atoms with Gasteiger partial charge in [-0.3, -0.25) is 9.59 Å². The van der Waals surface area contributed by atoms with Gasteiger partial charge in [-0.1, -0.05) is 0 Å². The lowest BCUT2D eigenvalue weighted by Crippen LogP contribution is -2.41. The summed E-state index contributed by atoms with van der Waals surface area (Å²) in [5.41, 5.74) is 2.37. The predicted molar refractivity (Wildman–Crippen MR) is 131 cm³/mol. The average molecular weight is 486 g/mol. The minimum atomic E-state index is -3.67. The molecular weight excluding hydrogens is 454 g/mol. The lowest BCUT2D eigenvalue weighted by atomic mass is 9.97. The lowest BCUT2D eigenvalue weighted by Gasteiger charge is -2.32. The molecule has 0 unspecified atom stereocenters. The Morgan fingerprint density at radius 1 is 1.06 bits per heavy atom. The Balaban J connectivity index is 1.38. The zero-order chi connectivity index (χ0) is 24.3. The van der Waals surface area contributed by atoms with Crippen molar-refractivity contribution < 1.29 is 22.7 Å². The van der Waals surface area contributed by atoms with Gasteiger partial charge in [-0.25, -0.2) is 8.42 Å². The molecule has 0 saturated carbocycles. The highest BCUT2D eigenvalue weighted by atomic mass is 32.2. The summed E-state index contributed by atoms with van der Waals surface area (Å²) in [6.45, 7) is 5.25. The van der Waals surface area contributed by atoms with Gasteiger partial charge < -0.3 is 15.0 Å². The number of hydrogen-bond donors (Lipinski definition) is 1. The van der Waals surface area contributed by atoms with Crippen LogP contribution in [0.25, 0.3) is 0 Å². The third kappa shape index (κ3) is 5.10. The SMILES string of the molecule is CCOc1ccc(NC(=O)C2CCN(S(=O)(=O)c3ccc4c(c3)CCCN4C(C)=O)CC2)cc1. The average Bonchev–Trinajstić information content (AvgIpc) is 2.84. The fourth-order valence-corrected chi connectivity index (χ4v) is 6.13. The van der Waals surface area contributed by atoms with E-state index in [-0.39, 0.29) is 22.6 Å². The molecule has 2 aliphatic rings. The standard InChI is InChI=1S/C25H31N3O5S/c1-3-33-22-8-6-21(7-9-22)26-25(30)19-12-15-27(16-13-19)34(31,32)23-10-11-24-20(17-23)5-4-14-28(24)18(2)29/h6-11,17,19H,3-5,12-16H2,1-2H3,(H,26,30). The Morgan fingerprint density at radius 2 is 1.76 bits per heavy atom. The van der Waals surface area contributed by atoms with Crippen LogP contribution in [0.15, 0.2) is 47.4 Å². The summed E-state index contributed by atoms with van der Waals surface area (Å²) in [6.07, 6.45) is 2.48. The maximum Gasteiger partial charge on any atom is 0.243 e. The molecule has 2 amide bonds. The van der Waals surface area contributed by atoms with Crippen LogP contribution in [-0.4, -0.2) is 50.8 Å². The second-order valence-corrected chi connectivity index (χ2v) is 10.6. The first-order chi connectivity index (χ1) is 16.3. The molecule has 2 heterocycles. The first-order valence-electron chi connectivity index (χ1n) is 11.7. The van der Waals surface area contributed by atoms with E-state index in [0.29, 0.717) is 44.8 Å². The van der Waals surface area contributed by atoms with Crippen LogP contribution in [0.1, 0.15) is 38.7 Å². The summed E-state index contributed by atoms with van der Waals surface area (Å²) in [7, 11) is -3.67. The Morgan fingerprint density at radius 3 is 2.41 bits per heavy atom. The highest BCUT2D eigenvalue weighted by Crippen LogP contribution is 2.32. The monoisotopic (exact) mass is 485 g/mol. The van der Waals surface area contributed by atoms with Crippen LogP contribution in [0.4, 0.5) is 11.4 Å². The van der Waals surface area contributed by atoms with Crippen molar-refractivity contribution in [3.8, 4) is 5.75 Å². The largest absolute Gasteiger partial charge is 0.494 e. The number of piperidine rings is 1. The van der Waals surface area contributed by atoms with Crippen LogP contribution >= 0.6 is 0 Å². The Hall–Kier alpha value is -2.91. The summed E-state index contributed by atoms with van der Waals surface area (Å²) < 4.78 is 33.4. The van der Waals surface area contributed by atoms with Crippen molar-refractivity contribution in [1.82, 2.24) is 4.31 Å². The molecule has 0 radical (unpaired) electrons. The van der Waals surface area contributed by atoms with Crippen molar-refractivity contribution >= 4 is 33.2 Å². The molecule has 4 rings (SSSR count). The molecule has 0 bridgehead atoms. The molecule has 0 aliphatic carbocycles. The zero-order valence-electron chi connectivity index (χ0n) is 19.6. The van der Waals surface area contributed by atoms with Crippen LogP contribution in [0.5, 0.6) is 5.75 Å². The highest BCUT2D eigenvalue weighted by Gasteiger charge is 2.33. The third-order valence-electron chi connectivity index (χ3n) is 6.45. The molecule has 2 aromatic rings. The van der Waals surface area contributed by atoms with Crippen LogP contribution in [-0.2, 0) is 26.0 Å². The van der Waals surface area contributed by atoms with Crippen LogP contribution < -0.4 is 15.0 Å². The summed E-state index contributed by atoms with van der Waals surface area (Å²) in [6, 6.07) is 12.2. The molecule has 2 aromatic carbocycles. The van der Waals surface area contributed by atoms with E-state index >= 15 is 0 Å². The van der Waals surface area contributed by atoms with Gasteiger partial charge in [0.25, 0.3) is 0 Å². The number of benzene rings is 2. The highest BCUT2D eigenvalue weighted by molar-refractivity contribution is 7.89. The number of anilines is 2. The molecule has 1 fully saturated rings. The van der Waals surface area contributed by atoms with Crippen molar-refractivity contribution in [2.45, 2.75) is 44.4 Å². The number of sulfonamides is 1. The quantitative estimate of drug-likeness (QED) is 0.676. The first kappa shape index (κ1) is 24.2. The number of ether oxygens (including phenoxy) is 1. The number of carbonyl (C=O) groups excluding carboxylic acids is 2. The van der Waals surface area contributed by atoms with Gasteiger partial charge in [0.05, 0.1) is 11.5 Å². The Bertz CT molecular complexity index is 1160. The van der Waals surface area contributed by atoms with Gasteiger partial charge in [0.15, 0.2) is 0 Å². The minimum Gasteiger partial charge on any atom is -0.494 e. The molecule has 0 atom stereocenters. The number of hydrogen-bond acceptors (Lipinski definition) is 5. The fraction of sp³-hybridized carbons (Fsp3) is 0.440. The van der Waals surface area contributed by atoms with E-state index < -0.39 is 10.0 Å². The third-order valence-corrected chi connectivity index (χ3v) is 8.34. The van der Waals surface area contributed by atoms with Crippen LogP contribution in [0.2, 0.25) is 0 Å². The number of rotatable bonds is 6. The normalized spacial score (nSPS) is 17.2. The molecule has 0 spiro atoms. The van der Waals surface area contributed by atoms with Gasteiger partial charge in [-0.05, 0) is 80.6 Å². The number of carbonyl (C=O) groups is 2. The smallest absolute Gasteiger partial charge is 0.243 e. The topological polar surface area (TPSA) is 96.0 Å². The second-order valence-electron chi connectivity index (χ2n) is 8.69. The molecule has 1 N–H and O–H groups in total. The Kier molecular flexibility index (Phi) is 7.23. The maximum atomic E-state index is 13.3. The van der Waals surface area contributed by atoms with Gasteiger partial charge in [-0.15, -0.1) is 0 Å². The number of amides is 2. The summed E-state index contributed by atoms with van der Waals surface area (Å²) in [5.74, 6) is 0.363. The van der Waals surface area contributed by atoms with Crippen molar-refractivity contribution in [3.63, 3.8) is 0 Å². The van der Waals surface area contributed by atoms with E-state index in [4.69, 9.17) is 4.74 Å². The number of aryl methyl sites for hydroxylation is 1. The van der Waals surface area contributed by atoms with E-state index in [1.807, 2.05) is 19.1 Å². The molecule has 182 valence electrons. The van der Waals surface area contributed by atoms with Gasteiger partial charge in [0, 0.05) is 43.9 Å². The molecule has 34 heavy (non-hydrogen) atoms. The number of fused-ring (bicyclic) bond motifs is 1. The van der Waals surface area contributed by atoms with Gasteiger partial charge >= 0.3 is 0 Å². The first-order valence-corrected chi connectivity index (χ1v) is 13.2. The molecular formula is C25H31N3O5S. The minimum absolute atomic E-state index is 0.0397. The van der Waals surface area contributed by atoms with Crippen molar-refractivity contribution in [1.29, 1.82) is 0 Å². The maximum absolute atomic E-state index is 13.3.